The molecular weight excluding hydrogens is 544 g/mol. The summed E-state index contributed by atoms with van der Waals surface area (Å²) in [6, 6.07) is 32.0. The van der Waals surface area contributed by atoms with Crippen molar-refractivity contribution >= 4 is 75.8 Å². The topological polar surface area (TPSA) is 13.1 Å². The van der Waals surface area contributed by atoms with Gasteiger partial charge < -0.3 is 4.42 Å². The van der Waals surface area contributed by atoms with Crippen molar-refractivity contribution in [3.05, 3.63) is 158 Å². The highest BCUT2D eigenvalue weighted by molar-refractivity contribution is 6.29. The minimum absolute atomic E-state index is 0.152. The second-order valence-electron chi connectivity index (χ2n) is 11.4. The van der Waals surface area contributed by atoms with Crippen molar-refractivity contribution in [1.82, 2.24) is 0 Å². The smallest absolute Gasteiger partial charge is 0.143 e. The normalized spacial score (nSPS) is 14.5. The monoisotopic (exact) mass is 578 g/mol. The van der Waals surface area contributed by atoms with E-state index in [1.807, 2.05) is 109 Å². The maximum atomic E-state index is 9.55. The Hall–Kier alpha value is -5.92. The number of para-hydroxylation sites is 1. The van der Waals surface area contributed by atoms with Gasteiger partial charge in [-0.05, 0) is 77.1 Å². The lowest BCUT2D eigenvalue weighted by Crippen LogP contribution is -1.93. The summed E-state index contributed by atoms with van der Waals surface area (Å²) in [4.78, 5) is 0. The lowest BCUT2D eigenvalue weighted by Gasteiger charge is -2.20. The molecule has 0 saturated heterocycles. The molecule has 0 radical (unpaired) electrons. The van der Waals surface area contributed by atoms with Crippen LogP contribution in [0.2, 0.25) is 0 Å². The molecule has 0 amide bonds. The van der Waals surface area contributed by atoms with E-state index < -0.39 is 24.2 Å². The maximum absolute atomic E-state index is 9.55. The molecule has 0 atom stereocenters. The second kappa shape index (κ2) is 9.29. The van der Waals surface area contributed by atoms with Crippen LogP contribution in [0.25, 0.3) is 98.1 Å². The van der Waals surface area contributed by atoms with E-state index in [0.717, 1.165) is 37.7 Å². The first kappa shape index (κ1) is 18.0. The van der Waals surface area contributed by atoms with Crippen molar-refractivity contribution in [3.8, 4) is 22.3 Å². The van der Waals surface area contributed by atoms with Gasteiger partial charge in [-0.1, -0.05) is 145 Å². The van der Waals surface area contributed by atoms with Crippen LogP contribution in [0.1, 0.15) is 11.0 Å². The fraction of sp³-hybridized carbons (Fsp3) is 0. The molecule has 0 aliphatic carbocycles. The van der Waals surface area contributed by atoms with Crippen LogP contribution in [0, 0.1) is 0 Å². The van der Waals surface area contributed by atoms with Crippen molar-refractivity contribution < 1.29 is 15.4 Å². The molecule has 0 N–H and O–H groups in total. The Morgan fingerprint density at radius 2 is 0.978 bits per heavy atom. The molecule has 0 fully saturated rings. The van der Waals surface area contributed by atoms with E-state index >= 15 is 0 Å². The van der Waals surface area contributed by atoms with Gasteiger partial charge in [-0.25, -0.2) is 0 Å². The predicted molar refractivity (Wildman–Crippen MR) is 192 cm³/mol. The van der Waals surface area contributed by atoms with Crippen LogP contribution in [0.15, 0.2) is 162 Å². The molecule has 10 aromatic rings. The molecule has 0 aliphatic heterocycles. The number of hydrogen-bond acceptors (Lipinski definition) is 1. The van der Waals surface area contributed by atoms with E-state index in [-0.39, 0.29) is 51.3 Å². The second-order valence-corrected chi connectivity index (χ2v) is 11.4. The third-order valence-corrected chi connectivity index (χ3v) is 9.07. The van der Waals surface area contributed by atoms with Crippen LogP contribution >= 0.6 is 0 Å². The third kappa shape index (κ3) is 3.44. The summed E-state index contributed by atoms with van der Waals surface area (Å²) in [5, 5.41) is 7.54. The van der Waals surface area contributed by atoms with Crippen LogP contribution in [-0.4, -0.2) is 0 Å². The molecule has 0 bridgehead atoms. The largest absolute Gasteiger partial charge is 0.455 e. The number of benzene rings is 9. The van der Waals surface area contributed by atoms with E-state index in [9.17, 15) is 5.48 Å². The molecule has 208 valence electrons. The first-order chi connectivity index (χ1) is 25.7. The van der Waals surface area contributed by atoms with Gasteiger partial charge in [0.2, 0.25) is 0 Å². The van der Waals surface area contributed by atoms with Gasteiger partial charge in [0.1, 0.15) is 11.2 Å². The van der Waals surface area contributed by atoms with Gasteiger partial charge in [-0.15, -0.1) is 0 Å². The average molecular weight is 579 g/mol. The summed E-state index contributed by atoms with van der Waals surface area (Å²) in [7, 11) is 0. The van der Waals surface area contributed by atoms with Gasteiger partial charge in [0.25, 0.3) is 0 Å². The Morgan fingerprint density at radius 3 is 1.73 bits per heavy atom. The molecule has 0 aliphatic rings. The molecule has 1 aromatic heterocycles. The van der Waals surface area contributed by atoms with Crippen molar-refractivity contribution in [2.45, 2.75) is 0 Å². The van der Waals surface area contributed by atoms with Crippen molar-refractivity contribution in [2.24, 2.45) is 0 Å². The predicted octanol–water partition coefficient (Wildman–Crippen LogP) is 12.7. The maximum Gasteiger partial charge on any atom is 0.143 e. The molecule has 1 heteroatoms. The number of fused-ring (bicyclic) bond motifs is 9. The van der Waals surface area contributed by atoms with Gasteiger partial charge in [0.05, 0.1) is 11.0 Å². The van der Waals surface area contributed by atoms with Gasteiger partial charge in [0, 0.05) is 21.9 Å². The zero-order chi connectivity index (χ0) is 36.4. The molecule has 0 unspecified atom stereocenters. The van der Waals surface area contributed by atoms with Crippen LogP contribution in [0.5, 0.6) is 0 Å². The summed E-state index contributed by atoms with van der Waals surface area (Å²) in [5.74, 6) is 0. The van der Waals surface area contributed by atoms with E-state index in [4.69, 9.17) is 9.90 Å². The zero-order valence-electron chi connectivity index (χ0n) is 31.8. The first-order valence-corrected chi connectivity index (χ1v) is 14.9. The highest BCUT2D eigenvalue weighted by Gasteiger charge is 2.23. The minimum Gasteiger partial charge on any atom is -0.455 e. The quantitative estimate of drug-likeness (QED) is 0.147. The van der Waals surface area contributed by atoms with E-state index in [2.05, 4.69) is 0 Å². The van der Waals surface area contributed by atoms with Gasteiger partial charge in [-0.3, -0.25) is 0 Å². The molecule has 45 heavy (non-hydrogen) atoms. The highest BCUT2D eigenvalue weighted by Crippen LogP contribution is 2.49. The summed E-state index contributed by atoms with van der Waals surface area (Å²) in [5.41, 5.74) is 2.75. The number of furan rings is 1. The fourth-order valence-corrected chi connectivity index (χ4v) is 7.17. The summed E-state index contributed by atoms with van der Waals surface area (Å²) < 4.78 is 80.5. The Morgan fingerprint density at radius 1 is 0.378 bits per heavy atom. The van der Waals surface area contributed by atoms with Crippen molar-refractivity contribution in [1.29, 1.82) is 0 Å². The minimum atomic E-state index is -0.445. The van der Waals surface area contributed by atoms with E-state index in [0.29, 0.717) is 33.2 Å². The lowest BCUT2D eigenvalue weighted by molar-refractivity contribution is 0.670. The van der Waals surface area contributed by atoms with Gasteiger partial charge in [0.15, 0.2) is 0 Å². The zero-order valence-corrected chi connectivity index (χ0v) is 23.8. The third-order valence-electron chi connectivity index (χ3n) is 9.07. The van der Waals surface area contributed by atoms with Crippen LogP contribution in [0.3, 0.4) is 0 Å². The molecule has 0 saturated carbocycles. The Kier molecular flexibility index (Phi) is 3.72. The molecule has 1 nitrogen and oxygen atoms in total. The summed E-state index contributed by atoms with van der Waals surface area (Å²) in [6.45, 7) is 0. The average Bonchev–Trinajstić information content (AvgIpc) is 3.56. The molecule has 0 spiro atoms. The van der Waals surface area contributed by atoms with E-state index in [1.54, 1.807) is 0 Å². The first-order valence-electron chi connectivity index (χ1n) is 18.9. The number of rotatable bonds is 2. The van der Waals surface area contributed by atoms with Crippen LogP contribution in [-0.2, 0) is 0 Å². The SMILES string of the molecule is [2H]c1c([2H])c([2H])c2c(-c3c4ccccc4cc4c3oc3ccccc34)c3c([2H])c([2H])c([2H])c([2H])c3c(-c3cccc4c3ccc3ccccc34)c2c1[2H]. The fourth-order valence-electron chi connectivity index (χ4n) is 7.17. The molecule has 10 rings (SSSR count). The van der Waals surface area contributed by atoms with Crippen molar-refractivity contribution in [2.75, 3.05) is 0 Å². The highest BCUT2D eigenvalue weighted by atomic mass is 16.3. The van der Waals surface area contributed by atoms with Crippen LogP contribution in [0.4, 0.5) is 0 Å². The molecule has 9 aromatic carbocycles. The standard InChI is InChI=1S/C44H26O/c1-3-14-29-27(12-1)24-25-32-31(29)21-11-22-34(32)41-35-17-5-7-19-37(35)42(38-20-8-6-18-36(38)41)43-30-15-4-2-13-28(30)26-39-33-16-9-10-23-40(33)45-44(39)43/h1-26H/i5D,6D,7D,8D,17D,18D,19D,20D. The Balaban J connectivity index is 1.55. The lowest BCUT2D eigenvalue weighted by atomic mass is 9.83. The summed E-state index contributed by atoms with van der Waals surface area (Å²) in [6.07, 6.45) is 0. The van der Waals surface area contributed by atoms with E-state index in [1.165, 1.54) is 0 Å². The van der Waals surface area contributed by atoms with Crippen molar-refractivity contribution in [3.63, 3.8) is 0 Å². The number of hydrogen-bond donors (Lipinski definition) is 0. The Bertz CT molecular complexity index is 3190. The Labute approximate surface area is 270 Å². The van der Waals surface area contributed by atoms with Gasteiger partial charge in [-0.2, -0.15) is 0 Å². The van der Waals surface area contributed by atoms with Gasteiger partial charge >= 0.3 is 0 Å². The summed E-state index contributed by atoms with van der Waals surface area (Å²) >= 11 is 0. The molecule has 1 heterocycles. The van der Waals surface area contributed by atoms with Crippen LogP contribution < -0.4 is 0 Å². The molecular formula is C44H26O.